The van der Waals surface area contributed by atoms with Crippen LogP contribution >= 0.6 is 0 Å². The number of hydrazine groups is 1. The second kappa shape index (κ2) is 6.50. The molecule has 3 rings (SSSR count). The zero-order valence-corrected chi connectivity index (χ0v) is 13.7. The van der Waals surface area contributed by atoms with E-state index in [0.717, 1.165) is 15.2 Å². The fourth-order valence-corrected chi connectivity index (χ4v) is 2.87. The second-order valence-corrected chi connectivity index (χ2v) is 5.62. The molecular formula is C16H21N5O3. The van der Waals surface area contributed by atoms with E-state index in [9.17, 15) is 14.8 Å². The van der Waals surface area contributed by atoms with Gasteiger partial charge in [-0.25, -0.2) is 15.3 Å². The summed E-state index contributed by atoms with van der Waals surface area (Å²) < 4.78 is 1.11. The standard InChI is InChI=1S/C16H21N5O3/c1-3-10-19-15(22)12-14(17-16(19)23)20(4-2)18-13(21(12)24)11-8-6-5-7-9-11/h5-9,13,18,24H,3-4,10H2,1-2H3,(H,17,23). The monoisotopic (exact) mass is 331 g/mol. The number of nitrogens with one attached hydrogen (secondary N) is 2. The first-order chi connectivity index (χ1) is 11.6. The van der Waals surface area contributed by atoms with Gasteiger partial charge in [-0.1, -0.05) is 37.3 Å². The summed E-state index contributed by atoms with van der Waals surface area (Å²) in [5, 5.41) is 13.2. The molecule has 128 valence electrons. The van der Waals surface area contributed by atoms with E-state index in [4.69, 9.17) is 0 Å². The molecule has 1 aliphatic heterocycles. The van der Waals surface area contributed by atoms with E-state index in [1.807, 2.05) is 44.2 Å². The highest BCUT2D eigenvalue weighted by Crippen LogP contribution is 2.32. The summed E-state index contributed by atoms with van der Waals surface area (Å²) in [6, 6.07) is 9.31. The van der Waals surface area contributed by atoms with Gasteiger partial charge in [-0.05, 0) is 18.9 Å². The number of aromatic amines is 1. The summed E-state index contributed by atoms with van der Waals surface area (Å²) in [4.78, 5) is 27.6. The normalized spacial score (nSPS) is 17.0. The Morgan fingerprint density at radius 1 is 1.17 bits per heavy atom. The first-order valence-corrected chi connectivity index (χ1v) is 8.02. The molecule has 0 spiro atoms. The summed E-state index contributed by atoms with van der Waals surface area (Å²) >= 11 is 0. The number of hydroxylamine groups is 1. The smallest absolute Gasteiger partial charge is 0.290 e. The van der Waals surface area contributed by atoms with Crippen LogP contribution in [0, 0.1) is 0 Å². The van der Waals surface area contributed by atoms with E-state index in [1.165, 1.54) is 0 Å². The Morgan fingerprint density at radius 3 is 2.50 bits per heavy atom. The predicted molar refractivity (Wildman–Crippen MR) is 91.2 cm³/mol. The molecule has 0 fully saturated rings. The van der Waals surface area contributed by atoms with Gasteiger partial charge in [0.2, 0.25) is 0 Å². The third-order valence-electron chi connectivity index (χ3n) is 4.04. The summed E-state index contributed by atoms with van der Waals surface area (Å²) in [5.41, 5.74) is 3.01. The van der Waals surface area contributed by atoms with Gasteiger partial charge in [0.25, 0.3) is 5.56 Å². The van der Waals surface area contributed by atoms with Crippen molar-refractivity contribution in [3.05, 3.63) is 56.7 Å². The first-order valence-electron chi connectivity index (χ1n) is 8.02. The van der Waals surface area contributed by atoms with Gasteiger partial charge in [-0.15, -0.1) is 0 Å². The molecule has 1 atom stereocenters. The molecule has 1 aliphatic rings. The summed E-state index contributed by atoms with van der Waals surface area (Å²) in [6.07, 6.45) is 0.0257. The molecule has 0 bridgehead atoms. The second-order valence-electron chi connectivity index (χ2n) is 5.62. The lowest BCUT2D eigenvalue weighted by Gasteiger charge is -2.40. The minimum absolute atomic E-state index is 0.0671. The molecule has 24 heavy (non-hydrogen) atoms. The Balaban J connectivity index is 2.17. The SMILES string of the molecule is CCCn1c(=O)[nH]c2c(c1=O)N(O)C(c1ccccc1)NN2CC. The summed E-state index contributed by atoms with van der Waals surface area (Å²) in [5.74, 6) is 0.273. The molecule has 2 aromatic rings. The number of aromatic nitrogens is 2. The molecule has 0 saturated heterocycles. The molecule has 8 heteroatoms. The van der Waals surface area contributed by atoms with Crippen LogP contribution in [0.1, 0.15) is 32.0 Å². The number of H-pyrrole nitrogens is 1. The van der Waals surface area contributed by atoms with Gasteiger partial charge in [-0.3, -0.25) is 24.6 Å². The molecule has 1 aromatic carbocycles. The number of hydrogen-bond donors (Lipinski definition) is 3. The summed E-state index contributed by atoms with van der Waals surface area (Å²) in [7, 11) is 0. The van der Waals surface area contributed by atoms with E-state index in [-0.39, 0.29) is 11.5 Å². The minimum atomic E-state index is -0.618. The molecule has 0 aliphatic carbocycles. The van der Waals surface area contributed by atoms with Crippen molar-refractivity contribution < 1.29 is 5.21 Å². The van der Waals surface area contributed by atoms with Crippen LogP contribution in [0.25, 0.3) is 0 Å². The molecule has 2 heterocycles. The van der Waals surface area contributed by atoms with Crippen molar-refractivity contribution in [2.24, 2.45) is 0 Å². The fraction of sp³-hybridized carbons (Fsp3) is 0.375. The van der Waals surface area contributed by atoms with E-state index >= 15 is 0 Å². The van der Waals surface area contributed by atoms with Crippen LogP contribution in [0.5, 0.6) is 0 Å². The van der Waals surface area contributed by atoms with E-state index in [0.29, 0.717) is 19.5 Å². The highest BCUT2D eigenvalue weighted by Gasteiger charge is 2.34. The molecule has 8 nitrogen and oxygen atoms in total. The Kier molecular flexibility index (Phi) is 4.41. The number of hydrogen-bond acceptors (Lipinski definition) is 6. The van der Waals surface area contributed by atoms with Crippen molar-refractivity contribution in [2.45, 2.75) is 33.0 Å². The maximum absolute atomic E-state index is 12.8. The number of fused-ring (bicyclic) bond motifs is 1. The molecular weight excluding hydrogens is 310 g/mol. The van der Waals surface area contributed by atoms with Crippen molar-refractivity contribution in [3.63, 3.8) is 0 Å². The van der Waals surface area contributed by atoms with Crippen molar-refractivity contribution in [3.8, 4) is 0 Å². The van der Waals surface area contributed by atoms with Crippen molar-refractivity contribution in [1.29, 1.82) is 0 Å². The van der Waals surface area contributed by atoms with E-state index < -0.39 is 17.4 Å². The number of anilines is 2. The van der Waals surface area contributed by atoms with Gasteiger partial charge in [0.05, 0.1) is 0 Å². The van der Waals surface area contributed by atoms with Crippen LogP contribution in [0.3, 0.4) is 0 Å². The number of rotatable bonds is 4. The Hall–Kier alpha value is -2.58. The van der Waals surface area contributed by atoms with Gasteiger partial charge < -0.3 is 0 Å². The topological polar surface area (TPSA) is 93.6 Å². The van der Waals surface area contributed by atoms with Crippen LogP contribution in [0.15, 0.2) is 39.9 Å². The van der Waals surface area contributed by atoms with Gasteiger partial charge in [0, 0.05) is 13.1 Å². The first kappa shape index (κ1) is 16.3. The van der Waals surface area contributed by atoms with Crippen molar-refractivity contribution in [2.75, 3.05) is 16.6 Å². The van der Waals surface area contributed by atoms with Crippen LogP contribution in [0.2, 0.25) is 0 Å². The van der Waals surface area contributed by atoms with Gasteiger partial charge in [0.1, 0.15) is 6.17 Å². The van der Waals surface area contributed by atoms with E-state index in [1.54, 1.807) is 5.01 Å². The third-order valence-corrected chi connectivity index (χ3v) is 4.04. The molecule has 1 unspecified atom stereocenters. The zero-order valence-electron chi connectivity index (χ0n) is 13.7. The Labute approximate surface area is 138 Å². The van der Waals surface area contributed by atoms with Gasteiger partial charge in [-0.2, -0.15) is 0 Å². The molecule has 0 amide bonds. The average Bonchev–Trinajstić information content (AvgIpc) is 2.59. The molecule has 3 N–H and O–H groups in total. The Morgan fingerprint density at radius 2 is 1.88 bits per heavy atom. The maximum atomic E-state index is 12.8. The van der Waals surface area contributed by atoms with Crippen LogP contribution in [0.4, 0.5) is 11.5 Å². The highest BCUT2D eigenvalue weighted by atomic mass is 16.5. The van der Waals surface area contributed by atoms with Crippen molar-refractivity contribution in [1.82, 2.24) is 15.0 Å². The molecule has 0 radical (unpaired) electrons. The highest BCUT2D eigenvalue weighted by molar-refractivity contribution is 5.67. The predicted octanol–water partition coefficient (Wildman–Crippen LogP) is 1.19. The molecule has 0 saturated carbocycles. The third kappa shape index (κ3) is 2.59. The zero-order chi connectivity index (χ0) is 17.3. The number of benzene rings is 1. The molecule has 1 aromatic heterocycles. The lowest BCUT2D eigenvalue weighted by molar-refractivity contribution is 0.184. The maximum Gasteiger partial charge on any atom is 0.330 e. The average molecular weight is 331 g/mol. The minimum Gasteiger partial charge on any atom is -0.290 e. The number of nitrogens with zero attached hydrogens (tertiary/aromatic N) is 3. The summed E-state index contributed by atoms with van der Waals surface area (Å²) in [6.45, 7) is 4.58. The van der Waals surface area contributed by atoms with Gasteiger partial charge in [0.15, 0.2) is 11.5 Å². The van der Waals surface area contributed by atoms with E-state index in [2.05, 4.69) is 10.4 Å². The van der Waals surface area contributed by atoms with Crippen LogP contribution in [-0.4, -0.2) is 21.3 Å². The van der Waals surface area contributed by atoms with Crippen LogP contribution < -0.4 is 26.7 Å². The lowest BCUT2D eigenvalue weighted by Crippen LogP contribution is -2.55. The van der Waals surface area contributed by atoms with Gasteiger partial charge >= 0.3 is 5.69 Å². The quantitative estimate of drug-likeness (QED) is 0.779. The largest absolute Gasteiger partial charge is 0.330 e. The fourth-order valence-electron chi connectivity index (χ4n) is 2.87. The van der Waals surface area contributed by atoms with Crippen molar-refractivity contribution >= 4 is 11.5 Å². The van der Waals surface area contributed by atoms with Crippen LogP contribution in [-0.2, 0) is 6.54 Å². The Bertz CT molecular complexity index is 830. The lowest BCUT2D eigenvalue weighted by atomic mass is 10.1.